The number of benzene rings is 1. The van der Waals surface area contributed by atoms with Crippen molar-refractivity contribution < 1.29 is 14.3 Å². The van der Waals surface area contributed by atoms with Gasteiger partial charge >= 0.3 is 6.03 Å². The Morgan fingerprint density at radius 1 is 1.29 bits per heavy atom. The van der Waals surface area contributed by atoms with Crippen LogP contribution in [0.3, 0.4) is 0 Å². The zero-order chi connectivity index (χ0) is 20.1. The summed E-state index contributed by atoms with van der Waals surface area (Å²) in [4.78, 5) is 29.7. The Hall–Kier alpha value is -2.97. The number of ether oxygens (including phenoxy) is 1. The Morgan fingerprint density at radius 3 is 2.79 bits per heavy atom. The zero-order valence-corrected chi connectivity index (χ0v) is 16.0. The third kappa shape index (κ3) is 4.85. The minimum atomic E-state index is -0.643. The number of methoxy groups -OCH3 is 1. The maximum absolute atomic E-state index is 12.4. The van der Waals surface area contributed by atoms with Gasteiger partial charge in [0, 0.05) is 31.6 Å². The zero-order valence-electron chi connectivity index (χ0n) is 16.0. The van der Waals surface area contributed by atoms with Gasteiger partial charge in [0.05, 0.1) is 18.3 Å². The Bertz CT molecular complexity index is 853. The minimum Gasteiger partial charge on any atom is -0.366 e. The van der Waals surface area contributed by atoms with Crippen molar-refractivity contribution in [1.82, 2.24) is 15.6 Å². The predicted molar refractivity (Wildman–Crippen MR) is 106 cm³/mol. The van der Waals surface area contributed by atoms with Gasteiger partial charge in [-0.3, -0.25) is 20.4 Å². The van der Waals surface area contributed by atoms with Crippen LogP contribution in [0.4, 0.5) is 16.2 Å². The lowest BCUT2D eigenvalue weighted by Crippen LogP contribution is -2.42. The van der Waals surface area contributed by atoms with Gasteiger partial charge in [0.2, 0.25) is 5.91 Å². The Kier molecular flexibility index (Phi) is 6.23. The van der Waals surface area contributed by atoms with E-state index >= 15 is 0 Å². The molecule has 8 heteroatoms. The number of hydrogen-bond acceptors (Lipinski definition) is 5. The van der Waals surface area contributed by atoms with E-state index in [1.807, 2.05) is 36.1 Å². The first-order valence-electron chi connectivity index (χ1n) is 9.09. The average Bonchev–Trinajstić information content (AvgIpc) is 2.67. The second kappa shape index (κ2) is 8.81. The first-order valence-corrected chi connectivity index (χ1v) is 9.09. The molecular formula is C20H24N5O3. The normalized spacial score (nSPS) is 14.8. The molecule has 147 valence electrons. The summed E-state index contributed by atoms with van der Waals surface area (Å²) in [5.74, 6) is -0.643. The van der Waals surface area contributed by atoms with Crippen LogP contribution in [0, 0.1) is 6.92 Å². The molecule has 1 aliphatic rings. The van der Waals surface area contributed by atoms with Crippen LogP contribution < -0.4 is 16.4 Å². The van der Waals surface area contributed by atoms with Gasteiger partial charge in [-0.25, -0.2) is 4.79 Å². The number of carbonyl (C=O) groups is 2. The number of urea groups is 1. The second-order valence-electron chi connectivity index (χ2n) is 6.75. The molecule has 28 heavy (non-hydrogen) atoms. The van der Waals surface area contributed by atoms with Crippen LogP contribution in [-0.2, 0) is 22.5 Å². The summed E-state index contributed by atoms with van der Waals surface area (Å²) in [6.07, 6.45) is 1.96. The summed E-state index contributed by atoms with van der Waals surface area (Å²) in [7, 11) is 1.55. The predicted octanol–water partition coefficient (Wildman–Crippen LogP) is 2.56. The number of aromatic nitrogens is 1. The van der Waals surface area contributed by atoms with Gasteiger partial charge in [-0.15, -0.1) is 0 Å². The van der Waals surface area contributed by atoms with Gasteiger partial charge < -0.3 is 15.4 Å². The molecule has 2 heterocycles. The highest BCUT2D eigenvalue weighted by atomic mass is 16.5. The molecule has 0 bridgehead atoms. The molecular weight excluding hydrogens is 358 g/mol. The van der Waals surface area contributed by atoms with Crippen molar-refractivity contribution in [3.05, 3.63) is 53.3 Å². The molecule has 0 saturated carbocycles. The maximum Gasteiger partial charge on any atom is 0.323 e. The molecule has 0 fully saturated rings. The number of pyridine rings is 1. The monoisotopic (exact) mass is 382 g/mol. The SMILES string of the molecule is COC(CC([NH])=O)N1CCc2c(cccc2NC(=O)Nc2ccc(C)nc2)C1. The van der Waals surface area contributed by atoms with Crippen LogP contribution >= 0.6 is 0 Å². The van der Waals surface area contributed by atoms with E-state index in [1.54, 1.807) is 19.4 Å². The number of amides is 3. The van der Waals surface area contributed by atoms with E-state index in [1.165, 1.54) is 0 Å². The van der Waals surface area contributed by atoms with Crippen molar-refractivity contribution in [2.75, 3.05) is 24.3 Å². The van der Waals surface area contributed by atoms with E-state index in [9.17, 15) is 9.59 Å². The van der Waals surface area contributed by atoms with Gasteiger partial charge in [0.15, 0.2) is 0 Å². The molecule has 8 nitrogen and oxygen atoms in total. The third-order valence-corrected chi connectivity index (χ3v) is 4.75. The van der Waals surface area contributed by atoms with Gasteiger partial charge in [0.1, 0.15) is 6.23 Å². The van der Waals surface area contributed by atoms with E-state index in [0.29, 0.717) is 25.2 Å². The average molecular weight is 382 g/mol. The molecule has 3 amide bonds. The number of carbonyl (C=O) groups excluding carboxylic acids is 2. The van der Waals surface area contributed by atoms with Crippen LogP contribution in [0.15, 0.2) is 36.5 Å². The molecule has 2 aromatic rings. The quantitative estimate of drug-likeness (QED) is 0.798. The molecule has 1 unspecified atom stereocenters. The van der Waals surface area contributed by atoms with Crippen molar-refractivity contribution in [2.24, 2.45) is 0 Å². The largest absolute Gasteiger partial charge is 0.366 e. The minimum absolute atomic E-state index is 0.0385. The van der Waals surface area contributed by atoms with Crippen LogP contribution in [-0.4, -0.2) is 41.7 Å². The number of nitrogens with zero attached hydrogens (tertiary/aromatic N) is 2. The fourth-order valence-corrected chi connectivity index (χ4v) is 3.34. The standard InChI is InChI=1S/C20H24N5O3/c1-13-6-7-15(11-22-13)23-20(27)24-17-5-3-4-14-12-25(9-8-16(14)17)19(28-2)10-18(21)26/h3-7,11,19,21H,8-10,12H2,1-2H3,(H2,23,24,27). The van der Waals surface area contributed by atoms with Crippen molar-refractivity contribution in [3.8, 4) is 0 Å². The summed E-state index contributed by atoms with van der Waals surface area (Å²) in [5.41, 5.74) is 11.6. The second-order valence-corrected chi connectivity index (χ2v) is 6.75. The number of hydrogen-bond donors (Lipinski definition) is 2. The number of aryl methyl sites for hydroxylation is 1. The Morgan fingerprint density at radius 2 is 2.11 bits per heavy atom. The topological polar surface area (TPSA) is 107 Å². The number of nitrogens with one attached hydrogen (secondary N) is 3. The molecule has 3 N–H and O–H groups in total. The van der Waals surface area contributed by atoms with Crippen molar-refractivity contribution >= 4 is 23.3 Å². The van der Waals surface area contributed by atoms with Gasteiger partial charge in [-0.2, -0.15) is 0 Å². The van der Waals surface area contributed by atoms with Crippen LogP contribution in [0.5, 0.6) is 0 Å². The van der Waals surface area contributed by atoms with Crippen LogP contribution in [0.25, 0.3) is 0 Å². The molecule has 1 aliphatic heterocycles. The fourth-order valence-electron chi connectivity index (χ4n) is 3.34. The molecule has 0 spiro atoms. The van der Waals surface area contributed by atoms with E-state index < -0.39 is 12.1 Å². The maximum atomic E-state index is 12.4. The molecule has 3 rings (SSSR count). The van der Waals surface area contributed by atoms with Crippen molar-refractivity contribution in [3.63, 3.8) is 0 Å². The highest BCUT2D eigenvalue weighted by molar-refractivity contribution is 6.00. The van der Waals surface area contributed by atoms with Gasteiger partial charge in [-0.1, -0.05) is 12.1 Å². The summed E-state index contributed by atoms with van der Waals surface area (Å²) >= 11 is 0. The van der Waals surface area contributed by atoms with Gasteiger partial charge in [0.25, 0.3) is 0 Å². The van der Waals surface area contributed by atoms with Crippen LogP contribution in [0.2, 0.25) is 0 Å². The third-order valence-electron chi connectivity index (χ3n) is 4.75. The molecule has 0 saturated heterocycles. The summed E-state index contributed by atoms with van der Waals surface area (Å²) in [6, 6.07) is 9.09. The summed E-state index contributed by atoms with van der Waals surface area (Å²) < 4.78 is 5.38. The van der Waals surface area contributed by atoms with Gasteiger partial charge in [-0.05, 0) is 42.7 Å². The lowest BCUT2D eigenvalue weighted by Gasteiger charge is -2.34. The number of anilines is 2. The fraction of sp³-hybridized carbons (Fsp3) is 0.350. The number of rotatable bonds is 6. The van der Waals surface area contributed by atoms with E-state index in [0.717, 1.165) is 22.5 Å². The Balaban J connectivity index is 1.69. The lowest BCUT2D eigenvalue weighted by molar-refractivity contribution is -0.126. The lowest BCUT2D eigenvalue weighted by atomic mass is 9.97. The molecule has 0 aliphatic carbocycles. The number of fused-ring (bicyclic) bond motifs is 1. The first kappa shape index (κ1) is 19.8. The van der Waals surface area contributed by atoms with E-state index in [-0.39, 0.29) is 12.5 Å². The molecule has 1 aromatic heterocycles. The highest BCUT2D eigenvalue weighted by Crippen LogP contribution is 2.28. The molecule has 1 aromatic carbocycles. The van der Waals surface area contributed by atoms with Crippen LogP contribution in [0.1, 0.15) is 23.2 Å². The smallest absolute Gasteiger partial charge is 0.323 e. The van der Waals surface area contributed by atoms with Crippen molar-refractivity contribution in [1.29, 1.82) is 0 Å². The van der Waals surface area contributed by atoms with E-state index in [4.69, 9.17) is 10.5 Å². The van der Waals surface area contributed by atoms with Crippen molar-refractivity contribution in [2.45, 2.75) is 32.5 Å². The molecule has 1 atom stereocenters. The Labute approximate surface area is 164 Å². The van der Waals surface area contributed by atoms with E-state index in [2.05, 4.69) is 15.6 Å². The first-order chi connectivity index (χ1) is 13.5. The summed E-state index contributed by atoms with van der Waals surface area (Å²) in [6.45, 7) is 3.17. The summed E-state index contributed by atoms with van der Waals surface area (Å²) in [5, 5.41) is 5.69. The highest BCUT2D eigenvalue weighted by Gasteiger charge is 2.26. The molecule has 1 radical (unpaired) electrons.